The van der Waals surface area contributed by atoms with Gasteiger partial charge in [0.2, 0.25) is 0 Å². The topological polar surface area (TPSA) is 58.3 Å². The van der Waals surface area contributed by atoms with Gasteiger partial charge in [0, 0.05) is 12.1 Å². The molecule has 0 aromatic heterocycles. The number of nitrogens with two attached hydrogens (primary N) is 1. The van der Waals surface area contributed by atoms with Crippen molar-refractivity contribution < 1.29 is 5.11 Å². The zero-order valence-corrected chi connectivity index (χ0v) is 8.38. The zero-order chi connectivity index (χ0) is 10.1. The van der Waals surface area contributed by atoms with Gasteiger partial charge in [0.15, 0.2) is 0 Å². The molecule has 0 fully saturated rings. The first kappa shape index (κ1) is 12.2. The Morgan fingerprint density at radius 2 is 2.00 bits per heavy atom. The van der Waals surface area contributed by atoms with Gasteiger partial charge in [0.25, 0.3) is 0 Å². The van der Waals surface area contributed by atoms with Crippen LogP contribution in [0.3, 0.4) is 0 Å². The third kappa shape index (κ3) is 5.47. The van der Waals surface area contributed by atoms with Gasteiger partial charge < -0.3 is 5.11 Å². The van der Waals surface area contributed by atoms with Gasteiger partial charge in [-0.1, -0.05) is 25.1 Å². The summed E-state index contributed by atoms with van der Waals surface area (Å²) in [6.07, 6.45) is 0. The van der Waals surface area contributed by atoms with Crippen molar-refractivity contribution >= 4 is 11.6 Å². The number of phenols is 1. The van der Waals surface area contributed by atoms with Crippen LogP contribution in [-0.2, 0) is 5.88 Å². The first-order valence-electron chi connectivity index (χ1n) is 4.02. The summed E-state index contributed by atoms with van der Waals surface area (Å²) in [5.41, 5.74) is 3.21. The summed E-state index contributed by atoms with van der Waals surface area (Å²) in [5.74, 6) is 5.42. The molecule has 0 saturated heterocycles. The fourth-order valence-corrected chi connectivity index (χ4v) is 0.850. The Morgan fingerprint density at radius 1 is 1.46 bits per heavy atom. The second-order valence-corrected chi connectivity index (χ2v) is 2.59. The van der Waals surface area contributed by atoms with Crippen molar-refractivity contribution in [2.45, 2.75) is 12.8 Å². The largest absolute Gasteiger partial charge is 0.508 e. The highest BCUT2D eigenvalue weighted by atomic mass is 35.5. The highest BCUT2D eigenvalue weighted by molar-refractivity contribution is 6.17. The molecule has 0 bridgehead atoms. The minimum atomic E-state index is 0.271. The quantitative estimate of drug-likeness (QED) is 0.388. The Bertz CT molecular complexity index is 229. The second kappa shape index (κ2) is 7.86. The predicted octanol–water partition coefficient (Wildman–Crippen LogP) is 1.60. The molecule has 0 aliphatic carbocycles. The van der Waals surface area contributed by atoms with Crippen molar-refractivity contribution in [3.05, 3.63) is 29.8 Å². The highest BCUT2D eigenvalue weighted by Crippen LogP contribution is 2.16. The minimum Gasteiger partial charge on any atom is -0.508 e. The lowest BCUT2D eigenvalue weighted by Gasteiger charge is -1.95. The fraction of sp³-hybridized carbons (Fsp3) is 0.333. The number of para-hydroxylation sites is 1. The Kier molecular flexibility index (Phi) is 7.39. The van der Waals surface area contributed by atoms with Crippen LogP contribution < -0.4 is 11.3 Å². The van der Waals surface area contributed by atoms with E-state index in [9.17, 15) is 0 Å². The molecule has 4 heteroatoms. The molecule has 4 N–H and O–H groups in total. The van der Waals surface area contributed by atoms with E-state index in [1.54, 1.807) is 18.2 Å². The fourth-order valence-electron chi connectivity index (χ4n) is 0.624. The summed E-state index contributed by atoms with van der Waals surface area (Å²) in [6.45, 7) is 2.79. The van der Waals surface area contributed by atoms with Gasteiger partial charge in [-0.15, -0.1) is 11.6 Å². The smallest absolute Gasteiger partial charge is 0.119 e. The average molecular weight is 203 g/mol. The van der Waals surface area contributed by atoms with Crippen molar-refractivity contribution in [3.63, 3.8) is 0 Å². The molecule has 0 saturated carbocycles. The van der Waals surface area contributed by atoms with Crippen molar-refractivity contribution in [2.75, 3.05) is 6.54 Å². The van der Waals surface area contributed by atoms with E-state index in [1.807, 2.05) is 13.0 Å². The maximum atomic E-state index is 9.03. The maximum absolute atomic E-state index is 9.03. The van der Waals surface area contributed by atoms with Crippen LogP contribution in [0.5, 0.6) is 5.75 Å². The lowest BCUT2D eigenvalue weighted by Crippen LogP contribution is -2.20. The number of alkyl halides is 1. The third-order valence-corrected chi connectivity index (χ3v) is 1.63. The van der Waals surface area contributed by atoms with Crippen molar-refractivity contribution in [1.82, 2.24) is 5.43 Å². The van der Waals surface area contributed by atoms with E-state index in [0.717, 1.165) is 12.1 Å². The average Bonchev–Trinajstić information content (AvgIpc) is 2.19. The number of nitrogens with one attached hydrogen (secondary N) is 1. The molecule has 0 atom stereocenters. The maximum Gasteiger partial charge on any atom is 0.119 e. The lowest BCUT2D eigenvalue weighted by molar-refractivity contribution is 0.470. The standard InChI is InChI=1S/C7H7ClO.C2H8N2/c8-5-6-3-1-2-4-7(6)9;1-2-4-3/h1-4,9H,5H2;4H,2-3H2,1H3. The van der Waals surface area contributed by atoms with Gasteiger partial charge in [-0.3, -0.25) is 11.3 Å². The van der Waals surface area contributed by atoms with E-state index < -0.39 is 0 Å². The van der Waals surface area contributed by atoms with Gasteiger partial charge in [-0.05, 0) is 6.07 Å². The number of aromatic hydroxyl groups is 1. The number of hydrazine groups is 1. The molecule has 0 radical (unpaired) electrons. The molecule has 1 aromatic carbocycles. The summed E-state index contributed by atoms with van der Waals surface area (Å²) < 4.78 is 0. The first-order valence-corrected chi connectivity index (χ1v) is 4.56. The predicted molar refractivity (Wildman–Crippen MR) is 55.5 cm³/mol. The SMILES string of the molecule is CCNN.Oc1ccccc1CCl. The Balaban J connectivity index is 0.000000310. The summed E-state index contributed by atoms with van der Waals surface area (Å²) in [4.78, 5) is 0. The number of hydrogen-bond acceptors (Lipinski definition) is 3. The molecule has 0 unspecified atom stereocenters. The molecular formula is C9H15ClN2O. The van der Waals surface area contributed by atoms with Crippen molar-refractivity contribution in [1.29, 1.82) is 0 Å². The molecule has 0 spiro atoms. The number of rotatable bonds is 2. The number of hydrogen-bond donors (Lipinski definition) is 3. The molecule has 0 aliphatic heterocycles. The molecule has 0 aliphatic rings. The monoisotopic (exact) mass is 202 g/mol. The minimum absolute atomic E-state index is 0.271. The zero-order valence-electron chi connectivity index (χ0n) is 7.63. The number of halogens is 1. The second-order valence-electron chi connectivity index (χ2n) is 2.32. The number of phenolic OH excluding ortho intramolecular Hbond substituents is 1. The van der Waals surface area contributed by atoms with Gasteiger partial charge in [-0.25, -0.2) is 0 Å². The van der Waals surface area contributed by atoms with Crippen LogP contribution >= 0.6 is 11.6 Å². The molecule has 1 aromatic rings. The molecule has 1 rings (SSSR count). The van der Waals surface area contributed by atoms with E-state index in [1.165, 1.54) is 0 Å². The molecule has 13 heavy (non-hydrogen) atoms. The summed E-state index contributed by atoms with van der Waals surface area (Å²) in [7, 11) is 0. The summed E-state index contributed by atoms with van der Waals surface area (Å²) in [5, 5.41) is 9.03. The van der Waals surface area contributed by atoms with Gasteiger partial charge in [-0.2, -0.15) is 0 Å². The van der Waals surface area contributed by atoms with Gasteiger partial charge >= 0.3 is 0 Å². The number of benzene rings is 1. The van der Waals surface area contributed by atoms with E-state index in [0.29, 0.717) is 5.88 Å². The van der Waals surface area contributed by atoms with Crippen LogP contribution in [-0.4, -0.2) is 11.7 Å². The van der Waals surface area contributed by atoms with E-state index in [4.69, 9.17) is 22.6 Å². The van der Waals surface area contributed by atoms with Crippen LogP contribution in [0.15, 0.2) is 24.3 Å². The molecular weight excluding hydrogens is 188 g/mol. The van der Waals surface area contributed by atoms with Crippen LogP contribution in [0.25, 0.3) is 0 Å². The summed E-state index contributed by atoms with van der Waals surface area (Å²) >= 11 is 5.47. The highest BCUT2D eigenvalue weighted by Gasteiger charge is 1.93. The van der Waals surface area contributed by atoms with Crippen LogP contribution in [0.2, 0.25) is 0 Å². The lowest BCUT2D eigenvalue weighted by atomic mass is 10.2. The Hall–Kier alpha value is -0.770. The van der Waals surface area contributed by atoms with Crippen molar-refractivity contribution in [3.8, 4) is 5.75 Å². The molecule has 0 heterocycles. The Labute approximate surface area is 83.5 Å². The first-order chi connectivity index (χ1) is 6.26. The van der Waals surface area contributed by atoms with Gasteiger partial charge in [0.05, 0.1) is 5.88 Å². The van der Waals surface area contributed by atoms with Crippen LogP contribution in [0.1, 0.15) is 12.5 Å². The van der Waals surface area contributed by atoms with E-state index >= 15 is 0 Å². The van der Waals surface area contributed by atoms with Crippen molar-refractivity contribution in [2.24, 2.45) is 5.84 Å². The van der Waals surface area contributed by atoms with E-state index in [-0.39, 0.29) is 5.75 Å². The molecule has 3 nitrogen and oxygen atoms in total. The normalized spacial score (nSPS) is 8.85. The summed E-state index contributed by atoms with van der Waals surface area (Å²) in [6, 6.07) is 7.03. The van der Waals surface area contributed by atoms with E-state index in [2.05, 4.69) is 5.43 Å². The molecule has 0 amide bonds. The van der Waals surface area contributed by atoms with Crippen LogP contribution in [0.4, 0.5) is 0 Å². The van der Waals surface area contributed by atoms with Crippen LogP contribution in [0, 0.1) is 0 Å². The third-order valence-electron chi connectivity index (χ3n) is 1.34. The van der Waals surface area contributed by atoms with Gasteiger partial charge in [0.1, 0.15) is 5.75 Å². The Morgan fingerprint density at radius 3 is 2.31 bits per heavy atom. The molecule has 74 valence electrons.